The summed E-state index contributed by atoms with van der Waals surface area (Å²) in [5.74, 6) is 1.29. The minimum atomic E-state index is 0.0223. The van der Waals surface area contributed by atoms with Gasteiger partial charge in [-0.2, -0.15) is 0 Å². The number of rotatable bonds is 2. The van der Waals surface area contributed by atoms with Crippen LogP contribution in [0, 0.1) is 17.8 Å². The summed E-state index contributed by atoms with van der Waals surface area (Å²) < 4.78 is 5.07. The first-order chi connectivity index (χ1) is 6.84. The molecule has 0 unspecified atom stereocenters. The molecule has 78 valence electrons. The highest BCUT2D eigenvalue weighted by atomic mass is 16.5. The van der Waals surface area contributed by atoms with E-state index in [9.17, 15) is 4.79 Å². The molecule has 0 aromatic heterocycles. The van der Waals surface area contributed by atoms with Crippen molar-refractivity contribution in [1.29, 1.82) is 0 Å². The van der Waals surface area contributed by atoms with Gasteiger partial charge in [0.1, 0.15) is 0 Å². The molecule has 0 aromatic carbocycles. The van der Waals surface area contributed by atoms with Gasteiger partial charge in [-0.3, -0.25) is 4.79 Å². The Morgan fingerprint density at radius 3 is 3.14 bits per heavy atom. The van der Waals surface area contributed by atoms with Crippen LogP contribution < -0.4 is 0 Å². The largest absolute Gasteiger partial charge is 0.466 e. The van der Waals surface area contributed by atoms with Gasteiger partial charge in [0, 0.05) is 0 Å². The van der Waals surface area contributed by atoms with Crippen LogP contribution in [0.4, 0.5) is 0 Å². The number of hydrogen-bond donors (Lipinski definition) is 0. The van der Waals surface area contributed by atoms with E-state index >= 15 is 0 Å². The number of carbonyl (C=O) groups excluding carboxylic acids is 1. The second-order valence-electron chi connectivity index (χ2n) is 4.23. The summed E-state index contributed by atoms with van der Waals surface area (Å²) >= 11 is 0. The Labute approximate surface area is 85.3 Å². The molecule has 2 aliphatic rings. The van der Waals surface area contributed by atoms with Gasteiger partial charge in [-0.05, 0) is 38.0 Å². The lowest BCUT2D eigenvalue weighted by Crippen LogP contribution is -2.08. The zero-order valence-electron chi connectivity index (χ0n) is 8.74. The van der Waals surface area contributed by atoms with E-state index in [-0.39, 0.29) is 11.9 Å². The normalized spacial score (nSPS) is 35.4. The molecular weight excluding hydrogens is 176 g/mol. The molecule has 2 aliphatic carbocycles. The highest BCUT2D eigenvalue weighted by molar-refractivity contribution is 5.77. The van der Waals surface area contributed by atoms with Crippen molar-refractivity contribution in [3.63, 3.8) is 0 Å². The Morgan fingerprint density at radius 1 is 1.50 bits per heavy atom. The highest BCUT2D eigenvalue weighted by Crippen LogP contribution is 2.51. The van der Waals surface area contributed by atoms with E-state index in [0.29, 0.717) is 18.4 Å². The molecule has 2 heteroatoms. The maximum Gasteiger partial charge on any atom is 0.309 e. The molecule has 0 spiro atoms. The van der Waals surface area contributed by atoms with E-state index in [1.165, 1.54) is 25.7 Å². The van der Waals surface area contributed by atoms with E-state index in [0.717, 1.165) is 0 Å². The average molecular weight is 194 g/mol. The summed E-state index contributed by atoms with van der Waals surface area (Å²) in [4.78, 5) is 11.5. The van der Waals surface area contributed by atoms with Crippen molar-refractivity contribution >= 4 is 5.97 Å². The van der Waals surface area contributed by atoms with E-state index in [1.54, 1.807) is 0 Å². The molecule has 1 fully saturated rings. The third-order valence-corrected chi connectivity index (χ3v) is 3.30. The van der Waals surface area contributed by atoms with Gasteiger partial charge in [-0.1, -0.05) is 18.6 Å². The fourth-order valence-corrected chi connectivity index (χ4v) is 2.50. The van der Waals surface area contributed by atoms with Gasteiger partial charge in [0.15, 0.2) is 0 Å². The molecule has 2 nitrogen and oxygen atoms in total. The Hall–Kier alpha value is -0.790. The lowest BCUT2D eigenvalue weighted by atomic mass is 10.1. The second-order valence-corrected chi connectivity index (χ2v) is 4.23. The molecule has 0 N–H and O–H groups in total. The molecular formula is C12H18O2. The fraction of sp³-hybridized carbons (Fsp3) is 0.750. The Bertz CT molecular complexity index is 245. The fourth-order valence-electron chi connectivity index (χ4n) is 2.50. The highest BCUT2D eigenvalue weighted by Gasteiger charge is 2.53. The molecule has 14 heavy (non-hydrogen) atoms. The number of esters is 1. The molecule has 2 rings (SSSR count). The quantitative estimate of drug-likeness (QED) is 0.499. The van der Waals surface area contributed by atoms with Gasteiger partial charge in [-0.25, -0.2) is 0 Å². The monoisotopic (exact) mass is 194 g/mol. The second kappa shape index (κ2) is 4.16. The topological polar surface area (TPSA) is 26.3 Å². The maximum atomic E-state index is 11.5. The van der Waals surface area contributed by atoms with Crippen LogP contribution in [0.15, 0.2) is 12.2 Å². The van der Waals surface area contributed by atoms with Gasteiger partial charge in [0.25, 0.3) is 0 Å². The van der Waals surface area contributed by atoms with Gasteiger partial charge in [0.05, 0.1) is 12.5 Å². The third-order valence-electron chi connectivity index (χ3n) is 3.30. The smallest absolute Gasteiger partial charge is 0.309 e. The van der Waals surface area contributed by atoms with Crippen molar-refractivity contribution in [2.75, 3.05) is 6.61 Å². The molecule has 0 bridgehead atoms. The third kappa shape index (κ3) is 1.84. The van der Waals surface area contributed by atoms with Gasteiger partial charge in [0.2, 0.25) is 0 Å². The predicted octanol–water partition coefficient (Wildman–Crippen LogP) is 2.54. The number of fused-ring (bicyclic) bond motifs is 1. The average Bonchev–Trinajstić information content (AvgIpc) is 2.77. The van der Waals surface area contributed by atoms with Crippen molar-refractivity contribution in [2.24, 2.45) is 17.8 Å². The Morgan fingerprint density at radius 2 is 2.36 bits per heavy atom. The molecule has 0 saturated heterocycles. The SMILES string of the molecule is CCOC(=O)[C@@H]1[C@@H]2C=CCCCC[C@@H]21. The molecule has 0 aromatic rings. The molecule has 0 radical (unpaired) electrons. The summed E-state index contributed by atoms with van der Waals surface area (Å²) in [7, 11) is 0. The number of allylic oxidation sites excluding steroid dienone is 2. The lowest BCUT2D eigenvalue weighted by molar-refractivity contribution is -0.145. The van der Waals surface area contributed by atoms with Crippen LogP contribution in [0.1, 0.15) is 32.6 Å². The zero-order valence-corrected chi connectivity index (χ0v) is 8.74. The Balaban J connectivity index is 1.94. The Kier molecular flexibility index (Phi) is 2.90. The summed E-state index contributed by atoms with van der Waals surface area (Å²) in [5, 5.41) is 0. The van der Waals surface area contributed by atoms with Gasteiger partial charge in [-0.15, -0.1) is 0 Å². The molecule has 0 aliphatic heterocycles. The lowest BCUT2D eigenvalue weighted by Gasteiger charge is -2.00. The number of hydrogen-bond acceptors (Lipinski definition) is 2. The standard InChI is InChI=1S/C12H18O2/c1-2-14-12(13)11-9-7-5-3-4-6-8-10(9)11/h5,7,9-11H,2-4,6,8H2,1H3/t9-,10+,11-/m1/s1. The molecule has 1 saturated carbocycles. The molecule has 0 heterocycles. The van der Waals surface area contributed by atoms with E-state index in [2.05, 4.69) is 12.2 Å². The van der Waals surface area contributed by atoms with Crippen molar-refractivity contribution in [1.82, 2.24) is 0 Å². The van der Waals surface area contributed by atoms with Crippen molar-refractivity contribution in [3.8, 4) is 0 Å². The maximum absolute atomic E-state index is 11.5. The van der Waals surface area contributed by atoms with Crippen LogP contribution in [-0.4, -0.2) is 12.6 Å². The number of carbonyl (C=O) groups is 1. The summed E-state index contributed by atoms with van der Waals surface area (Å²) in [6.07, 6.45) is 9.38. The molecule has 3 atom stereocenters. The van der Waals surface area contributed by atoms with E-state index < -0.39 is 0 Å². The van der Waals surface area contributed by atoms with Crippen LogP contribution in [-0.2, 0) is 9.53 Å². The first-order valence-corrected chi connectivity index (χ1v) is 5.68. The molecule has 0 amide bonds. The van der Waals surface area contributed by atoms with Crippen molar-refractivity contribution in [3.05, 3.63) is 12.2 Å². The van der Waals surface area contributed by atoms with E-state index in [1.807, 2.05) is 6.92 Å². The van der Waals surface area contributed by atoms with Crippen LogP contribution in [0.5, 0.6) is 0 Å². The van der Waals surface area contributed by atoms with Crippen LogP contribution in [0.3, 0.4) is 0 Å². The first kappa shape index (κ1) is 9.75. The van der Waals surface area contributed by atoms with Crippen LogP contribution in [0.2, 0.25) is 0 Å². The van der Waals surface area contributed by atoms with Gasteiger partial charge < -0.3 is 4.74 Å². The van der Waals surface area contributed by atoms with E-state index in [4.69, 9.17) is 4.74 Å². The predicted molar refractivity (Wildman–Crippen MR) is 54.7 cm³/mol. The first-order valence-electron chi connectivity index (χ1n) is 5.68. The van der Waals surface area contributed by atoms with Crippen molar-refractivity contribution < 1.29 is 9.53 Å². The minimum absolute atomic E-state index is 0.0223. The number of ether oxygens (including phenoxy) is 1. The van der Waals surface area contributed by atoms with Crippen LogP contribution in [0.25, 0.3) is 0 Å². The summed E-state index contributed by atoms with van der Waals surface area (Å²) in [6, 6.07) is 0. The van der Waals surface area contributed by atoms with Crippen LogP contribution >= 0.6 is 0 Å². The summed E-state index contributed by atoms with van der Waals surface area (Å²) in [5.41, 5.74) is 0. The van der Waals surface area contributed by atoms with Gasteiger partial charge >= 0.3 is 5.97 Å². The summed E-state index contributed by atoms with van der Waals surface area (Å²) in [6.45, 7) is 2.39. The minimum Gasteiger partial charge on any atom is -0.466 e. The van der Waals surface area contributed by atoms with Crippen molar-refractivity contribution in [2.45, 2.75) is 32.6 Å². The zero-order chi connectivity index (χ0) is 9.97.